The first-order valence-electron chi connectivity index (χ1n) is 5.31. The van der Waals surface area contributed by atoms with Crippen LogP contribution in [0.4, 0.5) is 4.79 Å². The van der Waals surface area contributed by atoms with Crippen LogP contribution in [0.15, 0.2) is 35.3 Å². The van der Waals surface area contributed by atoms with Gasteiger partial charge in [-0.1, -0.05) is 30.3 Å². The molecule has 0 spiro atoms. The van der Waals surface area contributed by atoms with Crippen molar-refractivity contribution in [1.29, 1.82) is 0 Å². The molecule has 0 atom stereocenters. The summed E-state index contributed by atoms with van der Waals surface area (Å²) in [6.07, 6.45) is 1.56. The predicted octanol–water partition coefficient (Wildman–Crippen LogP) is 1.64. The fourth-order valence-corrected chi connectivity index (χ4v) is 1.17. The van der Waals surface area contributed by atoms with E-state index in [1.165, 1.54) is 6.08 Å². The van der Waals surface area contributed by atoms with Crippen LogP contribution in [0.3, 0.4) is 0 Å². The van der Waals surface area contributed by atoms with E-state index in [2.05, 4.69) is 10.3 Å². The van der Waals surface area contributed by atoms with Crippen molar-refractivity contribution in [3.05, 3.63) is 35.9 Å². The van der Waals surface area contributed by atoms with Crippen molar-refractivity contribution in [3.63, 3.8) is 0 Å². The topological polar surface area (TPSA) is 67.8 Å². The summed E-state index contributed by atoms with van der Waals surface area (Å²) in [5.74, 6) is 0. The van der Waals surface area contributed by atoms with Gasteiger partial charge in [0, 0.05) is 6.54 Å². The lowest BCUT2D eigenvalue weighted by atomic mass is 10.2. The molecule has 5 nitrogen and oxygen atoms in total. The lowest BCUT2D eigenvalue weighted by Crippen LogP contribution is -2.25. The summed E-state index contributed by atoms with van der Waals surface area (Å²) in [7, 11) is 0. The molecule has 17 heavy (non-hydrogen) atoms. The molecule has 1 aromatic carbocycles. The van der Waals surface area contributed by atoms with Gasteiger partial charge < -0.3 is 10.1 Å². The van der Waals surface area contributed by atoms with E-state index in [1.807, 2.05) is 30.3 Å². The normalized spacial score (nSPS) is 9.18. The molecular formula is C12H14N2O3. The van der Waals surface area contributed by atoms with Gasteiger partial charge in [-0.15, -0.1) is 0 Å². The average Bonchev–Trinajstić information content (AvgIpc) is 2.37. The Kier molecular flexibility index (Phi) is 6.14. The van der Waals surface area contributed by atoms with Gasteiger partial charge in [-0.05, 0) is 12.0 Å². The van der Waals surface area contributed by atoms with Gasteiger partial charge in [-0.3, -0.25) is 0 Å². The fourth-order valence-electron chi connectivity index (χ4n) is 1.17. The van der Waals surface area contributed by atoms with E-state index in [1.54, 1.807) is 0 Å². The second kappa shape index (κ2) is 8.07. The number of hydrogen-bond donors (Lipinski definition) is 1. The number of ether oxygens (including phenoxy) is 1. The molecule has 1 amide bonds. The maximum absolute atomic E-state index is 11.2. The minimum absolute atomic E-state index is 0.249. The second-order valence-corrected chi connectivity index (χ2v) is 3.32. The van der Waals surface area contributed by atoms with Crippen LogP contribution in [0, 0.1) is 0 Å². The van der Waals surface area contributed by atoms with E-state index in [9.17, 15) is 9.59 Å². The molecule has 0 aromatic heterocycles. The molecule has 0 saturated carbocycles. The molecule has 0 unspecified atom stereocenters. The summed E-state index contributed by atoms with van der Waals surface area (Å²) < 4.78 is 4.98. The maximum Gasteiger partial charge on any atom is 0.407 e. The monoisotopic (exact) mass is 234 g/mol. The van der Waals surface area contributed by atoms with Crippen LogP contribution in [0.25, 0.3) is 0 Å². The first-order chi connectivity index (χ1) is 8.33. The van der Waals surface area contributed by atoms with Gasteiger partial charge in [0.1, 0.15) is 6.61 Å². The third kappa shape index (κ3) is 6.12. The Labute approximate surface area is 99.5 Å². The predicted molar refractivity (Wildman–Crippen MR) is 62.2 cm³/mol. The number of amides is 1. The Balaban J connectivity index is 2.11. The van der Waals surface area contributed by atoms with Crippen LogP contribution in [0.1, 0.15) is 12.0 Å². The summed E-state index contributed by atoms with van der Waals surface area (Å²) in [6.45, 7) is 1.04. The number of nitrogens with zero attached hydrogens (tertiary/aromatic N) is 1. The van der Waals surface area contributed by atoms with E-state index >= 15 is 0 Å². The summed E-state index contributed by atoms with van der Waals surface area (Å²) >= 11 is 0. The van der Waals surface area contributed by atoms with Crippen molar-refractivity contribution in [2.75, 3.05) is 13.1 Å². The Morgan fingerprint density at radius 3 is 2.82 bits per heavy atom. The Hall–Kier alpha value is -2.13. The van der Waals surface area contributed by atoms with Gasteiger partial charge in [0.15, 0.2) is 0 Å². The van der Waals surface area contributed by atoms with Crippen molar-refractivity contribution >= 4 is 12.2 Å². The van der Waals surface area contributed by atoms with Crippen molar-refractivity contribution in [1.82, 2.24) is 5.32 Å². The van der Waals surface area contributed by atoms with Gasteiger partial charge in [0.05, 0.1) is 6.54 Å². The molecule has 1 rings (SSSR count). The van der Waals surface area contributed by atoms with Gasteiger partial charge >= 0.3 is 6.09 Å². The average molecular weight is 234 g/mol. The number of aliphatic imine (C=N–C) groups is 1. The molecule has 0 radical (unpaired) electrons. The summed E-state index contributed by atoms with van der Waals surface area (Å²) in [4.78, 5) is 24.3. The number of carbonyl (C=O) groups excluding carboxylic acids is 2. The van der Waals surface area contributed by atoms with Crippen LogP contribution in [0.5, 0.6) is 0 Å². The Morgan fingerprint density at radius 2 is 2.12 bits per heavy atom. The molecule has 90 valence electrons. The van der Waals surface area contributed by atoms with Crippen molar-refractivity contribution in [2.24, 2.45) is 4.99 Å². The van der Waals surface area contributed by atoms with Gasteiger partial charge in [-0.2, -0.15) is 0 Å². The highest BCUT2D eigenvalue weighted by Crippen LogP contribution is 2.00. The van der Waals surface area contributed by atoms with Crippen LogP contribution >= 0.6 is 0 Å². The zero-order chi connectivity index (χ0) is 12.3. The Bertz CT molecular complexity index is 386. The largest absolute Gasteiger partial charge is 0.445 e. The van der Waals surface area contributed by atoms with Gasteiger partial charge in [0.2, 0.25) is 6.08 Å². The van der Waals surface area contributed by atoms with Crippen LogP contribution in [0.2, 0.25) is 0 Å². The first kappa shape index (κ1) is 12.9. The molecule has 1 N–H and O–H groups in total. The molecule has 0 fully saturated rings. The quantitative estimate of drug-likeness (QED) is 0.462. The van der Waals surface area contributed by atoms with E-state index in [0.29, 0.717) is 19.5 Å². The lowest BCUT2D eigenvalue weighted by Gasteiger charge is -2.05. The van der Waals surface area contributed by atoms with Gasteiger partial charge in [-0.25, -0.2) is 14.6 Å². The van der Waals surface area contributed by atoms with Crippen LogP contribution in [-0.2, 0) is 16.1 Å². The molecule has 0 bridgehead atoms. The van der Waals surface area contributed by atoms with E-state index in [-0.39, 0.29) is 6.61 Å². The minimum atomic E-state index is -0.469. The lowest BCUT2D eigenvalue weighted by molar-refractivity contribution is 0.139. The standard InChI is InChI=1S/C12H14N2O3/c15-10-13-7-4-8-14-12(16)17-9-11-5-2-1-3-6-11/h1-3,5-6H,4,7-9H2,(H,14,16). The van der Waals surface area contributed by atoms with Crippen LogP contribution in [-0.4, -0.2) is 25.3 Å². The zero-order valence-corrected chi connectivity index (χ0v) is 9.39. The van der Waals surface area contributed by atoms with E-state index in [0.717, 1.165) is 5.56 Å². The molecule has 5 heteroatoms. The van der Waals surface area contributed by atoms with Crippen LogP contribution < -0.4 is 5.32 Å². The van der Waals surface area contributed by atoms with E-state index in [4.69, 9.17) is 4.74 Å². The number of nitrogens with one attached hydrogen (secondary N) is 1. The molecule has 0 aliphatic carbocycles. The molecule has 0 aliphatic heterocycles. The zero-order valence-electron chi connectivity index (χ0n) is 9.39. The second-order valence-electron chi connectivity index (χ2n) is 3.32. The highest BCUT2D eigenvalue weighted by Gasteiger charge is 2.00. The number of rotatable bonds is 6. The number of benzene rings is 1. The number of isocyanates is 1. The SMILES string of the molecule is O=C=NCCCNC(=O)OCc1ccccc1. The highest BCUT2D eigenvalue weighted by atomic mass is 16.5. The molecule has 0 aliphatic rings. The molecular weight excluding hydrogens is 220 g/mol. The highest BCUT2D eigenvalue weighted by molar-refractivity contribution is 5.67. The van der Waals surface area contributed by atoms with Crippen molar-refractivity contribution in [2.45, 2.75) is 13.0 Å². The fraction of sp³-hybridized carbons (Fsp3) is 0.333. The summed E-state index contributed by atoms with van der Waals surface area (Å²) in [6, 6.07) is 9.43. The smallest absolute Gasteiger partial charge is 0.407 e. The summed E-state index contributed by atoms with van der Waals surface area (Å²) in [5, 5.41) is 2.56. The van der Waals surface area contributed by atoms with Crippen molar-refractivity contribution in [3.8, 4) is 0 Å². The maximum atomic E-state index is 11.2. The van der Waals surface area contributed by atoms with Gasteiger partial charge in [0.25, 0.3) is 0 Å². The van der Waals surface area contributed by atoms with E-state index < -0.39 is 6.09 Å². The molecule has 0 saturated heterocycles. The first-order valence-corrected chi connectivity index (χ1v) is 5.31. The number of alkyl carbamates (subject to hydrolysis) is 1. The third-order valence-electron chi connectivity index (χ3n) is 1.99. The molecule has 1 aromatic rings. The third-order valence-corrected chi connectivity index (χ3v) is 1.99. The number of hydrogen-bond acceptors (Lipinski definition) is 4. The minimum Gasteiger partial charge on any atom is -0.445 e. The summed E-state index contributed by atoms with van der Waals surface area (Å²) in [5.41, 5.74) is 0.938. The number of carbonyl (C=O) groups is 1. The Morgan fingerprint density at radius 1 is 1.35 bits per heavy atom. The van der Waals surface area contributed by atoms with Crippen molar-refractivity contribution < 1.29 is 14.3 Å². The molecule has 0 heterocycles.